The zero-order valence-corrected chi connectivity index (χ0v) is 19.0. The van der Waals surface area contributed by atoms with Gasteiger partial charge in [0.05, 0.1) is 6.10 Å². The molecule has 1 N–H and O–H groups in total. The van der Waals surface area contributed by atoms with E-state index < -0.39 is 0 Å². The molecule has 0 bridgehead atoms. The summed E-state index contributed by atoms with van der Waals surface area (Å²) in [5.41, 5.74) is 1.22. The average molecular weight is 487 g/mol. The van der Waals surface area contributed by atoms with Crippen LogP contribution in [-0.2, 0) is 11.2 Å². The van der Waals surface area contributed by atoms with Gasteiger partial charge in [0.1, 0.15) is 0 Å². The number of hydrogen-bond acceptors (Lipinski definition) is 3. The van der Waals surface area contributed by atoms with E-state index >= 15 is 0 Å². The molecule has 0 saturated heterocycles. The van der Waals surface area contributed by atoms with Crippen LogP contribution in [0.3, 0.4) is 0 Å². The minimum Gasteiger partial charge on any atom is -0.374 e. The molecule has 144 valence electrons. The first kappa shape index (κ1) is 22.9. The van der Waals surface area contributed by atoms with Crippen LogP contribution in [0.5, 0.6) is 0 Å². The number of nitrogens with zero attached hydrogens (tertiary/aromatic N) is 2. The molecule has 2 rings (SSSR count). The Morgan fingerprint density at radius 2 is 2.00 bits per heavy atom. The lowest BCUT2D eigenvalue weighted by molar-refractivity contribution is 0.0645. The van der Waals surface area contributed by atoms with E-state index in [2.05, 4.69) is 58.8 Å². The van der Waals surface area contributed by atoms with Crippen molar-refractivity contribution in [3.63, 3.8) is 0 Å². The van der Waals surface area contributed by atoms with Crippen LogP contribution in [-0.4, -0.2) is 44.7 Å². The molecular formula is C20H30IN3OS. The van der Waals surface area contributed by atoms with E-state index in [-0.39, 0.29) is 30.1 Å². The van der Waals surface area contributed by atoms with Gasteiger partial charge in [-0.2, -0.15) is 0 Å². The molecule has 26 heavy (non-hydrogen) atoms. The second-order valence-electron chi connectivity index (χ2n) is 6.00. The molecule has 1 heterocycles. The maximum absolute atomic E-state index is 5.91. The fourth-order valence-corrected chi connectivity index (χ4v) is 3.27. The molecule has 0 fully saturated rings. The Hall–Kier alpha value is -1.12. The molecule has 0 aliphatic heterocycles. The van der Waals surface area contributed by atoms with E-state index in [0.29, 0.717) is 0 Å². The quantitative estimate of drug-likeness (QED) is 0.244. The van der Waals surface area contributed by atoms with Gasteiger partial charge in [0.25, 0.3) is 0 Å². The summed E-state index contributed by atoms with van der Waals surface area (Å²) in [6.07, 6.45) is 2.13. The molecular weight excluding hydrogens is 457 g/mol. The van der Waals surface area contributed by atoms with Crippen molar-refractivity contribution >= 4 is 41.3 Å². The summed E-state index contributed by atoms with van der Waals surface area (Å²) in [6, 6.07) is 14.6. The van der Waals surface area contributed by atoms with Gasteiger partial charge in [0, 0.05) is 38.7 Å². The lowest BCUT2D eigenvalue weighted by atomic mass is 10.1. The second-order valence-corrected chi connectivity index (χ2v) is 7.03. The molecule has 1 unspecified atom stereocenters. The maximum Gasteiger partial charge on any atom is 0.193 e. The van der Waals surface area contributed by atoms with Gasteiger partial charge in [-0.05, 0) is 36.8 Å². The highest BCUT2D eigenvalue weighted by molar-refractivity contribution is 14.0. The molecule has 2 aromatic rings. The fraction of sp³-hybridized carbons (Fsp3) is 0.450. The number of halogens is 1. The van der Waals surface area contributed by atoms with E-state index in [9.17, 15) is 0 Å². The van der Waals surface area contributed by atoms with E-state index in [1.807, 2.05) is 25.2 Å². The number of rotatable bonds is 9. The lowest BCUT2D eigenvalue weighted by Crippen LogP contribution is -2.40. The second kappa shape index (κ2) is 13.1. The normalized spacial score (nSPS) is 12.3. The summed E-state index contributed by atoms with van der Waals surface area (Å²) in [5, 5.41) is 5.54. The molecule has 0 amide bonds. The van der Waals surface area contributed by atoms with Crippen molar-refractivity contribution in [3.8, 4) is 0 Å². The Balaban J connectivity index is 0.00000338. The molecule has 0 aliphatic carbocycles. The predicted octanol–water partition coefficient (Wildman–Crippen LogP) is 4.58. The standard InChI is InChI=1S/C20H29N3OS.HI/c1-17(18-9-5-4-6-10-18)24-15-8-13-22-20(21-2)23(3)14-12-19-11-7-16-25-19;/h4-7,9-11,16-17H,8,12-15H2,1-3H3,(H,21,22);1H. The SMILES string of the molecule is CN=C(NCCCOC(C)c1ccccc1)N(C)CCc1cccs1.I. The van der Waals surface area contributed by atoms with Gasteiger partial charge in [-0.15, -0.1) is 35.3 Å². The number of likely N-dealkylation sites (N-methyl/N-ethyl adjacent to an activating group) is 1. The molecule has 4 nitrogen and oxygen atoms in total. The molecule has 6 heteroatoms. The van der Waals surface area contributed by atoms with E-state index in [0.717, 1.165) is 38.5 Å². The Kier molecular flexibility index (Phi) is 11.6. The average Bonchev–Trinajstić information content (AvgIpc) is 3.17. The molecule has 1 atom stereocenters. The Bertz CT molecular complexity index is 619. The number of thiophene rings is 1. The van der Waals surface area contributed by atoms with Crippen molar-refractivity contribution in [2.24, 2.45) is 4.99 Å². The van der Waals surface area contributed by atoms with Crippen LogP contribution in [0.1, 0.15) is 29.9 Å². The van der Waals surface area contributed by atoms with E-state index in [4.69, 9.17) is 4.74 Å². The van der Waals surface area contributed by atoms with Crippen molar-refractivity contribution in [1.82, 2.24) is 10.2 Å². The van der Waals surface area contributed by atoms with E-state index in [1.54, 1.807) is 11.3 Å². The Morgan fingerprint density at radius 1 is 1.23 bits per heavy atom. The zero-order valence-electron chi connectivity index (χ0n) is 15.9. The number of hydrogen-bond donors (Lipinski definition) is 1. The topological polar surface area (TPSA) is 36.9 Å². The third-order valence-electron chi connectivity index (χ3n) is 4.09. The highest BCUT2D eigenvalue weighted by Gasteiger charge is 2.07. The van der Waals surface area contributed by atoms with Gasteiger partial charge >= 0.3 is 0 Å². The fourth-order valence-electron chi connectivity index (χ4n) is 2.58. The number of benzene rings is 1. The van der Waals surface area contributed by atoms with Gasteiger partial charge in [-0.25, -0.2) is 0 Å². The van der Waals surface area contributed by atoms with Crippen LogP contribution in [0.4, 0.5) is 0 Å². The van der Waals surface area contributed by atoms with Crippen LogP contribution < -0.4 is 5.32 Å². The van der Waals surface area contributed by atoms with Gasteiger partial charge in [0.2, 0.25) is 0 Å². The smallest absolute Gasteiger partial charge is 0.193 e. The van der Waals surface area contributed by atoms with Gasteiger partial charge < -0.3 is 15.0 Å². The first-order valence-corrected chi connectivity index (χ1v) is 9.69. The Labute approximate surface area is 178 Å². The van der Waals surface area contributed by atoms with Crippen LogP contribution >= 0.6 is 35.3 Å². The third-order valence-corrected chi connectivity index (χ3v) is 5.02. The van der Waals surface area contributed by atoms with Crippen LogP contribution in [0.2, 0.25) is 0 Å². The van der Waals surface area contributed by atoms with Crippen molar-refractivity contribution < 1.29 is 4.74 Å². The molecule has 0 radical (unpaired) electrons. The third kappa shape index (κ3) is 8.05. The van der Waals surface area contributed by atoms with Crippen molar-refractivity contribution in [2.45, 2.75) is 25.9 Å². The monoisotopic (exact) mass is 487 g/mol. The molecule has 1 aromatic heterocycles. The lowest BCUT2D eigenvalue weighted by Gasteiger charge is -2.22. The molecule has 0 spiro atoms. The van der Waals surface area contributed by atoms with Crippen LogP contribution in [0.25, 0.3) is 0 Å². The summed E-state index contributed by atoms with van der Waals surface area (Å²) in [6.45, 7) is 4.65. The summed E-state index contributed by atoms with van der Waals surface area (Å²) in [4.78, 5) is 7.94. The van der Waals surface area contributed by atoms with Crippen molar-refractivity contribution in [3.05, 3.63) is 58.3 Å². The van der Waals surface area contributed by atoms with Gasteiger partial charge in [-0.1, -0.05) is 36.4 Å². The minimum atomic E-state index is 0. The maximum atomic E-state index is 5.91. The van der Waals surface area contributed by atoms with Crippen LogP contribution in [0, 0.1) is 0 Å². The largest absolute Gasteiger partial charge is 0.374 e. The number of guanidine groups is 1. The summed E-state index contributed by atoms with van der Waals surface area (Å²) in [7, 11) is 3.91. The van der Waals surface area contributed by atoms with Crippen molar-refractivity contribution in [1.29, 1.82) is 0 Å². The highest BCUT2D eigenvalue weighted by Crippen LogP contribution is 2.15. The molecule has 1 aromatic carbocycles. The molecule has 0 aliphatic rings. The summed E-state index contributed by atoms with van der Waals surface area (Å²) in [5.74, 6) is 0.938. The number of aliphatic imine (C=N–C) groups is 1. The summed E-state index contributed by atoms with van der Waals surface area (Å²) < 4.78 is 5.91. The number of ether oxygens (including phenoxy) is 1. The van der Waals surface area contributed by atoms with E-state index in [1.165, 1.54) is 10.4 Å². The highest BCUT2D eigenvalue weighted by atomic mass is 127. The molecule has 0 saturated carbocycles. The van der Waals surface area contributed by atoms with Gasteiger partial charge in [0.15, 0.2) is 5.96 Å². The summed E-state index contributed by atoms with van der Waals surface area (Å²) >= 11 is 1.81. The van der Waals surface area contributed by atoms with Crippen molar-refractivity contribution in [2.75, 3.05) is 33.8 Å². The predicted molar refractivity (Wildman–Crippen MR) is 123 cm³/mol. The number of nitrogens with one attached hydrogen (secondary N) is 1. The first-order chi connectivity index (χ1) is 12.2. The minimum absolute atomic E-state index is 0. The van der Waals surface area contributed by atoms with Gasteiger partial charge in [-0.3, -0.25) is 4.99 Å². The Morgan fingerprint density at radius 3 is 2.65 bits per heavy atom. The zero-order chi connectivity index (χ0) is 17.9. The first-order valence-electron chi connectivity index (χ1n) is 8.81. The van der Waals surface area contributed by atoms with Crippen LogP contribution in [0.15, 0.2) is 52.8 Å².